The molecule has 0 aliphatic carbocycles. The second-order valence-electron chi connectivity index (χ2n) is 4.73. The van der Waals surface area contributed by atoms with E-state index in [0.717, 1.165) is 10.4 Å². The molecule has 3 rings (SSSR count). The summed E-state index contributed by atoms with van der Waals surface area (Å²) in [5.74, 6) is -0.637. The predicted molar refractivity (Wildman–Crippen MR) is 82.1 cm³/mol. The molecule has 4 heteroatoms. The summed E-state index contributed by atoms with van der Waals surface area (Å²) in [4.78, 5) is 17.9. The number of nitrogens with zero attached hydrogens (tertiary/aromatic N) is 1. The van der Waals surface area contributed by atoms with Crippen LogP contribution in [0.1, 0.15) is 21.5 Å². The first-order valence-electron chi connectivity index (χ1n) is 6.46. The number of thiophene rings is 1. The number of rotatable bonds is 3. The van der Waals surface area contributed by atoms with Crippen molar-refractivity contribution in [3.05, 3.63) is 76.5 Å². The SMILES string of the molecule is Cc1csc(-c2ncccc2C(=O)c2cccc(F)c2)c1. The molecular formula is C17H12FNOS. The van der Waals surface area contributed by atoms with Crippen LogP contribution in [0.2, 0.25) is 0 Å². The van der Waals surface area contributed by atoms with Crippen molar-refractivity contribution >= 4 is 17.1 Å². The second-order valence-corrected chi connectivity index (χ2v) is 5.64. The Kier molecular flexibility index (Phi) is 3.62. The summed E-state index contributed by atoms with van der Waals surface area (Å²) in [6.07, 6.45) is 1.66. The molecule has 0 saturated heterocycles. The van der Waals surface area contributed by atoms with E-state index in [0.29, 0.717) is 16.8 Å². The molecule has 0 aliphatic rings. The summed E-state index contributed by atoms with van der Waals surface area (Å²) in [5.41, 5.74) is 2.59. The molecule has 2 nitrogen and oxygen atoms in total. The number of benzene rings is 1. The Labute approximate surface area is 125 Å². The van der Waals surface area contributed by atoms with Gasteiger partial charge in [0, 0.05) is 17.3 Å². The van der Waals surface area contributed by atoms with E-state index in [2.05, 4.69) is 4.98 Å². The minimum atomic E-state index is -0.418. The maximum atomic E-state index is 13.3. The zero-order chi connectivity index (χ0) is 14.8. The van der Waals surface area contributed by atoms with Gasteiger partial charge in [0.05, 0.1) is 10.6 Å². The summed E-state index contributed by atoms with van der Waals surface area (Å²) in [7, 11) is 0. The molecular weight excluding hydrogens is 285 g/mol. The fourth-order valence-electron chi connectivity index (χ4n) is 2.13. The number of hydrogen-bond donors (Lipinski definition) is 0. The van der Waals surface area contributed by atoms with Crippen LogP contribution in [0.25, 0.3) is 10.6 Å². The van der Waals surface area contributed by atoms with E-state index in [1.54, 1.807) is 35.7 Å². The molecule has 0 unspecified atom stereocenters. The van der Waals surface area contributed by atoms with Crippen LogP contribution in [-0.2, 0) is 0 Å². The Bertz CT molecular complexity index is 810. The zero-order valence-corrected chi connectivity index (χ0v) is 12.2. The molecule has 2 aromatic heterocycles. The lowest BCUT2D eigenvalue weighted by molar-refractivity contribution is 0.103. The Balaban J connectivity index is 2.09. The number of aromatic nitrogens is 1. The number of pyridine rings is 1. The van der Waals surface area contributed by atoms with Crippen molar-refractivity contribution in [1.29, 1.82) is 0 Å². The molecule has 0 fully saturated rings. The molecule has 0 atom stereocenters. The Morgan fingerprint density at radius 1 is 1.19 bits per heavy atom. The van der Waals surface area contributed by atoms with E-state index in [-0.39, 0.29) is 5.78 Å². The lowest BCUT2D eigenvalue weighted by atomic mass is 10.0. The van der Waals surface area contributed by atoms with E-state index >= 15 is 0 Å². The van der Waals surface area contributed by atoms with E-state index in [9.17, 15) is 9.18 Å². The summed E-state index contributed by atoms with van der Waals surface area (Å²) in [5, 5.41) is 2.01. The molecule has 0 spiro atoms. The standard InChI is InChI=1S/C17H12FNOS/c1-11-8-15(21-10-11)16-14(6-3-7-19-16)17(20)12-4-2-5-13(18)9-12/h2-10H,1H3. The minimum absolute atomic E-state index is 0.219. The topological polar surface area (TPSA) is 30.0 Å². The monoisotopic (exact) mass is 297 g/mol. The number of carbonyl (C=O) groups excluding carboxylic acids is 1. The fraction of sp³-hybridized carbons (Fsp3) is 0.0588. The van der Waals surface area contributed by atoms with Crippen molar-refractivity contribution in [3.63, 3.8) is 0 Å². The van der Waals surface area contributed by atoms with Gasteiger partial charge < -0.3 is 0 Å². The highest BCUT2D eigenvalue weighted by molar-refractivity contribution is 7.13. The molecule has 104 valence electrons. The third-order valence-electron chi connectivity index (χ3n) is 3.10. The van der Waals surface area contributed by atoms with Gasteiger partial charge in [0.2, 0.25) is 0 Å². The first-order valence-corrected chi connectivity index (χ1v) is 7.34. The van der Waals surface area contributed by atoms with Crippen molar-refractivity contribution in [3.8, 4) is 10.6 Å². The zero-order valence-electron chi connectivity index (χ0n) is 11.3. The van der Waals surface area contributed by atoms with E-state index in [4.69, 9.17) is 0 Å². The normalized spacial score (nSPS) is 10.6. The van der Waals surface area contributed by atoms with Crippen LogP contribution < -0.4 is 0 Å². The molecule has 3 aromatic rings. The van der Waals surface area contributed by atoms with Gasteiger partial charge in [0.15, 0.2) is 5.78 Å². The molecule has 0 amide bonds. The smallest absolute Gasteiger partial charge is 0.195 e. The molecule has 2 heterocycles. The van der Waals surface area contributed by atoms with Gasteiger partial charge in [-0.1, -0.05) is 12.1 Å². The third-order valence-corrected chi connectivity index (χ3v) is 4.16. The number of hydrogen-bond acceptors (Lipinski definition) is 3. The van der Waals surface area contributed by atoms with Gasteiger partial charge in [-0.2, -0.15) is 0 Å². The van der Waals surface area contributed by atoms with Crippen molar-refractivity contribution < 1.29 is 9.18 Å². The fourth-order valence-corrected chi connectivity index (χ4v) is 3.03. The summed E-state index contributed by atoms with van der Waals surface area (Å²) in [6.45, 7) is 2.00. The molecule has 0 bridgehead atoms. The van der Waals surface area contributed by atoms with Crippen LogP contribution in [0, 0.1) is 12.7 Å². The van der Waals surface area contributed by atoms with Gasteiger partial charge in [-0.3, -0.25) is 9.78 Å². The maximum Gasteiger partial charge on any atom is 0.195 e. The average molecular weight is 297 g/mol. The van der Waals surface area contributed by atoms with Gasteiger partial charge in [-0.15, -0.1) is 11.3 Å². The van der Waals surface area contributed by atoms with Gasteiger partial charge in [0.1, 0.15) is 5.82 Å². The Morgan fingerprint density at radius 3 is 2.76 bits per heavy atom. The van der Waals surface area contributed by atoms with Crippen LogP contribution >= 0.6 is 11.3 Å². The van der Waals surface area contributed by atoms with Crippen LogP contribution in [-0.4, -0.2) is 10.8 Å². The van der Waals surface area contributed by atoms with Gasteiger partial charge >= 0.3 is 0 Å². The number of halogens is 1. The summed E-state index contributed by atoms with van der Waals surface area (Å²) < 4.78 is 13.3. The lowest BCUT2D eigenvalue weighted by Gasteiger charge is -2.06. The van der Waals surface area contributed by atoms with Gasteiger partial charge in [-0.25, -0.2) is 4.39 Å². The first-order chi connectivity index (χ1) is 10.1. The molecule has 0 N–H and O–H groups in total. The maximum absolute atomic E-state index is 13.3. The van der Waals surface area contributed by atoms with E-state index in [1.165, 1.54) is 18.2 Å². The lowest BCUT2D eigenvalue weighted by Crippen LogP contribution is -2.04. The quantitative estimate of drug-likeness (QED) is 0.667. The summed E-state index contributed by atoms with van der Waals surface area (Å²) >= 11 is 1.54. The number of aryl methyl sites for hydroxylation is 1. The highest BCUT2D eigenvalue weighted by atomic mass is 32.1. The van der Waals surface area contributed by atoms with Crippen LogP contribution in [0.15, 0.2) is 54.0 Å². The molecule has 0 saturated carbocycles. The average Bonchev–Trinajstić information content (AvgIpc) is 2.93. The molecule has 21 heavy (non-hydrogen) atoms. The predicted octanol–water partition coefficient (Wildman–Crippen LogP) is 4.49. The van der Waals surface area contributed by atoms with Crippen molar-refractivity contribution in [2.75, 3.05) is 0 Å². The van der Waals surface area contributed by atoms with Gasteiger partial charge in [0.25, 0.3) is 0 Å². The molecule has 0 aliphatic heterocycles. The van der Waals surface area contributed by atoms with E-state index in [1.807, 2.05) is 18.4 Å². The highest BCUT2D eigenvalue weighted by Gasteiger charge is 2.17. The summed E-state index contributed by atoms with van der Waals surface area (Å²) in [6, 6.07) is 11.2. The van der Waals surface area contributed by atoms with Crippen LogP contribution in [0.3, 0.4) is 0 Å². The van der Waals surface area contributed by atoms with Crippen LogP contribution in [0.5, 0.6) is 0 Å². The Hall–Kier alpha value is -2.33. The van der Waals surface area contributed by atoms with Crippen LogP contribution in [0.4, 0.5) is 4.39 Å². The van der Waals surface area contributed by atoms with Crippen molar-refractivity contribution in [1.82, 2.24) is 4.98 Å². The second kappa shape index (κ2) is 5.58. The number of ketones is 1. The minimum Gasteiger partial charge on any atom is -0.289 e. The van der Waals surface area contributed by atoms with Crippen molar-refractivity contribution in [2.24, 2.45) is 0 Å². The highest BCUT2D eigenvalue weighted by Crippen LogP contribution is 2.29. The van der Waals surface area contributed by atoms with Gasteiger partial charge in [-0.05, 0) is 48.2 Å². The van der Waals surface area contributed by atoms with Crippen molar-refractivity contribution in [2.45, 2.75) is 6.92 Å². The third kappa shape index (κ3) is 2.76. The Morgan fingerprint density at radius 2 is 2.05 bits per heavy atom. The first kappa shape index (κ1) is 13.6. The largest absolute Gasteiger partial charge is 0.289 e. The molecule has 0 radical (unpaired) electrons. The number of carbonyl (C=O) groups is 1. The molecule has 1 aromatic carbocycles. The van der Waals surface area contributed by atoms with E-state index < -0.39 is 5.82 Å².